The minimum absolute atomic E-state index is 0.930. The van der Waals surface area contributed by atoms with Crippen molar-refractivity contribution in [1.82, 2.24) is 0 Å². The van der Waals surface area contributed by atoms with E-state index in [0.717, 1.165) is 128 Å². The summed E-state index contributed by atoms with van der Waals surface area (Å²) in [7, 11) is 0. The Bertz CT molecular complexity index is 8460. The van der Waals surface area contributed by atoms with Crippen LogP contribution in [0.2, 0.25) is 0 Å². The second-order valence-corrected chi connectivity index (χ2v) is 35.4. The Hall–Kier alpha value is -14.2. The van der Waals surface area contributed by atoms with Crippen LogP contribution < -0.4 is 0 Å². The Morgan fingerprint density at radius 2 is 0.390 bits per heavy atom. The maximum absolute atomic E-state index is 6.20. The van der Waals surface area contributed by atoms with E-state index in [1.165, 1.54) is 171 Å². The van der Waals surface area contributed by atoms with E-state index in [-0.39, 0.29) is 0 Å². The lowest BCUT2D eigenvalue weighted by molar-refractivity contribution is 0.668. The summed E-state index contributed by atoms with van der Waals surface area (Å²) in [5.41, 5.74) is 42.1. The lowest BCUT2D eigenvalue weighted by Crippen LogP contribution is -1.91. The van der Waals surface area contributed by atoms with Crippen LogP contribution in [0.4, 0.5) is 0 Å². The zero-order chi connectivity index (χ0) is 80.7. The molecule has 18 aromatic carbocycles. The summed E-state index contributed by atoms with van der Waals surface area (Å²) in [4.78, 5) is 0. The number of rotatable bonds is 6. The molecule has 24 aromatic rings. The molecule has 9 heteroatoms. The predicted molar refractivity (Wildman–Crippen MR) is 517 cm³/mol. The molecule has 0 fully saturated rings. The van der Waals surface area contributed by atoms with Crippen LogP contribution in [0.15, 0.2) is 390 Å². The molecule has 6 aromatic heterocycles. The first-order valence-corrected chi connectivity index (χ1v) is 45.4. The van der Waals surface area contributed by atoms with Crippen LogP contribution in [0.1, 0.15) is 33.4 Å². The molecule has 9 heterocycles. The molecule has 0 atom stereocenters. The van der Waals surface area contributed by atoms with E-state index in [9.17, 15) is 0 Å². The largest absolute Gasteiger partial charge is 0.456 e. The minimum Gasteiger partial charge on any atom is -0.456 e. The highest BCUT2D eigenvalue weighted by Crippen LogP contribution is 2.50. The summed E-state index contributed by atoms with van der Waals surface area (Å²) in [5, 5.41) is 14.1. The van der Waals surface area contributed by atoms with Crippen molar-refractivity contribution < 1.29 is 26.5 Å². The molecule has 123 heavy (non-hydrogen) atoms. The molecule has 0 radical (unpaired) electrons. The van der Waals surface area contributed by atoms with Gasteiger partial charge in [-0.1, -0.05) is 243 Å². The van der Waals surface area contributed by atoms with Gasteiger partial charge in [-0.05, 0) is 255 Å². The first-order valence-electron chi connectivity index (χ1n) is 41.9. The first kappa shape index (κ1) is 71.7. The fourth-order valence-corrected chi connectivity index (χ4v) is 22.6. The standard InChI is InChI=1S/3C38H24O2S/c1-3-11-33-30(7-1)37-28(9-5-13-35(37)39-33)23-17-18-27-26(19-23)22-41-21-25-16-15-24(20-32(25)27)29-10-6-14-36-38(29)31-8-2-4-12-34(31)40-36;1-3-9-34-30(6-1)31-17-14-24(20-37(31)40-34)23-12-13-26-21-41-22-27-18-25(15-16-28(27)33(26)19-23)29-8-5-11-36-38(29)32-7-2-4-10-35(32)39-36;1-3-9-34-30(6-1)33-20-24(15-17-36(33)39-34)23-12-13-26-21-41-22-27-18-25(14-16-28(27)32(26)19-23)29-8-5-11-37-38(29)31-7-2-4-10-35(31)40-37/h3*1-20H,21-22H2. The van der Waals surface area contributed by atoms with Gasteiger partial charge in [-0.3, -0.25) is 0 Å². The fraction of sp³-hybridized carbons (Fsp3) is 0.0526. The van der Waals surface area contributed by atoms with Crippen molar-refractivity contribution in [1.29, 1.82) is 0 Å². The number of hydrogen-bond acceptors (Lipinski definition) is 9. The van der Waals surface area contributed by atoms with Gasteiger partial charge in [0.05, 0.1) is 0 Å². The van der Waals surface area contributed by atoms with E-state index in [1.54, 1.807) is 0 Å². The van der Waals surface area contributed by atoms with Gasteiger partial charge in [-0.2, -0.15) is 35.3 Å². The van der Waals surface area contributed by atoms with Crippen LogP contribution in [0.5, 0.6) is 0 Å². The van der Waals surface area contributed by atoms with Crippen LogP contribution >= 0.6 is 35.3 Å². The summed E-state index contributed by atoms with van der Waals surface area (Å²) in [6, 6.07) is 130. The molecule has 0 saturated heterocycles. The summed E-state index contributed by atoms with van der Waals surface area (Å²) < 4.78 is 37.0. The van der Waals surface area contributed by atoms with Crippen LogP contribution in [-0.4, -0.2) is 0 Å². The van der Waals surface area contributed by atoms with Crippen molar-refractivity contribution in [3.63, 3.8) is 0 Å². The van der Waals surface area contributed by atoms with Crippen LogP contribution in [0.3, 0.4) is 0 Å². The van der Waals surface area contributed by atoms with Crippen LogP contribution in [0, 0.1) is 0 Å². The molecule has 0 N–H and O–H groups in total. The molecule has 0 amide bonds. The highest BCUT2D eigenvalue weighted by molar-refractivity contribution is 7.98. The normalized spacial score (nSPS) is 13.1. The van der Waals surface area contributed by atoms with Crippen molar-refractivity contribution in [3.05, 3.63) is 397 Å². The fourth-order valence-electron chi connectivity index (χ4n) is 19.5. The third-order valence-corrected chi connectivity index (χ3v) is 28.4. The number of fused-ring (bicyclic) bond motifs is 27. The van der Waals surface area contributed by atoms with Gasteiger partial charge in [-0.25, -0.2) is 0 Å². The maximum Gasteiger partial charge on any atom is 0.136 e. The van der Waals surface area contributed by atoms with Crippen molar-refractivity contribution in [2.24, 2.45) is 0 Å². The van der Waals surface area contributed by atoms with Crippen molar-refractivity contribution in [2.75, 3.05) is 0 Å². The molecule has 0 aliphatic carbocycles. The van der Waals surface area contributed by atoms with Gasteiger partial charge in [0.1, 0.15) is 67.0 Å². The van der Waals surface area contributed by atoms with Gasteiger partial charge in [0.15, 0.2) is 0 Å². The van der Waals surface area contributed by atoms with Crippen LogP contribution in [-0.2, 0) is 34.5 Å². The summed E-state index contributed by atoms with van der Waals surface area (Å²) in [5.74, 6) is 5.97. The highest BCUT2D eigenvalue weighted by atomic mass is 32.2. The van der Waals surface area contributed by atoms with E-state index >= 15 is 0 Å². The van der Waals surface area contributed by atoms with E-state index in [0.29, 0.717) is 0 Å². The lowest BCUT2D eigenvalue weighted by Gasteiger charge is -2.14. The topological polar surface area (TPSA) is 78.8 Å². The first-order chi connectivity index (χ1) is 60.9. The third-order valence-electron chi connectivity index (χ3n) is 25.3. The highest BCUT2D eigenvalue weighted by Gasteiger charge is 2.26. The zero-order valence-electron chi connectivity index (χ0n) is 66.6. The minimum atomic E-state index is 0.930. The molecule has 3 aliphatic heterocycles. The molecule has 0 spiro atoms. The molecule has 582 valence electrons. The quantitative estimate of drug-likeness (QED) is 0.162. The Kier molecular flexibility index (Phi) is 17.1. The smallest absolute Gasteiger partial charge is 0.136 e. The van der Waals surface area contributed by atoms with Crippen LogP contribution in [0.25, 0.3) is 232 Å². The summed E-state index contributed by atoms with van der Waals surface area (Å²) in [6.07, 6.45) is 0. The monoisotopic (exact) mass is 1630 g/mol. The van der Waals surface area contributed by atoms with E-state index < -0.39 is 0 Å². The second kappa shape index (κ2) is 29.3. The van der Waals surface area contributed by atoms with E-state index in [2.05, 4.69) is 291 Å². The van der Waals surface area contributed by atoms with E-state index in [1.807, 2.05) is 108 Å². The summed E-state index contributed by atoms with van der Waals surface area (Å²) >= 11 is 5.96. The third kappa shape index (κ3) is 12.3. The Morgan fingerprint density at radius 1 is 0.138 bits per heavy atom. The predicted octanol–water partition coefficient (Wildman–Crippen LogP) is 33.7. The van der Waals surface area contributed by atoms with E-state index in [4.69, 9.17) is 26.5 Å². The number of benzene rings is 18. The number of hydrogen-bond donors (Lipinski definition) is 0. The molecular weight excluding hydrogens is 1560 g/mol. The number of thioether (sulfide) groups is 3. The molecule has 6 nitrogen and oxygen atoms in total. The molecular formula is C114H72O6S3. The summed E-state index contributed by atoms with van der Waals surface area (Å²) in [6.45, 7) is 0. The van der Waals surface area contributed by atoms with Gasteiger partial charge in [0.25, 0.3) is 0 Å². The number of para-hydroxylation sites is 6. The second-order valence-electron chi connectivity index (χ2n) is 32.4. The molecule has 0 unspecified atom stereocenters. The average molecular weight is 1630 g/mol. The van der Waals surface area contributed by atoms with Gasteiger partial charge in [-0.15, -0.1) is 0 Å². The maximum atomic E-state index is 6.20. The lowest BCUT2D eigenvalue weighted by atomic mass is 9.89. The number of furan rings is 6. The molecule has 0 saturated carbocycles. The molecule has 0 bridgehead atoms. The Labute approximate surface area is 720 Å². The Balaban J connectivity index is 0.000000101. The van der Waals surface area contributed by atoms with Crippen molar-refractivity contribution >= 4 is 167 Å². The SMILES string of the molecule is c1ccc2c(c1)oc1cc(-c3ccc4c(c3)-c3ccc(-c5cccc6oc7ccccc7c56)cc3CSC4)ccc12.c1ccc2c(c1)oc1ccc(-c3ccc4c(c3)-c3ccc(-c5cccc6oc7ccccc7c56)cc3CSC4)cc12.c1ccc2c(c1)oc1cccc(-c3ccc4c(c3)CSCc3ccc(-c5cccc6oc7ccccc7c56)cc3-4)c12. The van der Waals surface area contributed by atoms with Crippen molar-refractivity contribution in [2.45, 2.75) is 34.5 Å². The van der Waals surface area contributed by atoms with Gasteiger partial charge < -0.3 is 26.5 Å². The molecule has 27 rings (SSSR count). The van der Waals surface area contributed by atoms with Gasteiger partial charge >= 0.3 is 0 Å². The van der Waals surface area contributed by atoms with Crippen molar-refractivity contribution in [3.8, 4) is 100 Å². The molecule has 3 aliphatic rings. The van der Waals surface area contributed by atoms with Gasteiger partial charge in [0.2, 0.25) is 0 Å². The average Bonchev–Trinajstić information content (AvgIpc) is 1.45. The van der Waals surface area contributed by atoms with Gasteiger partial charge in [0, 0.05) is 99.2 Å². The Morgan fingerprint density at radius 3 is 0.789 bits per heavy atom. The zero-order valence-corrected chi connectivity index (χ0v) is 69.0.